The number of amides is 1. The molecule has 0 saturated carbocycles. The molecule has 6 heteroatoms. The van der Waals surface area contributed by atoms with Gasteiger partial charge in [-0.2, -0.15) is 5.10 Å². The fourth-order valence-electron chi connectivity index (χ4n) is 3.45. The van der Waals surface area contributed by atoms with Crippen LogP contribution in [0.2, 0.25) is 0 Å². The fourth-order valence-corrected chi connectivity index (χ4v) is 3.45. The van der Waals surface area contributed by atoms with Crippen LogP contribution in [-0.2, 0) is 33.0 Å². The number of fused-ring (bicyclic) bond motifs is 1. The molecule has 0 unspecified atom stereocenters. The predicted molar refractivity (Wildman–Crippen MR) is 91.8 cm³/mol. The third-order valence-corrected chi connectivity index (χ3v) is 4.64. The summed E-state index contributed by atoms with van der Waals surface area (Å²) in [6.45, 7) is 0.854. The molecule has 0 fully saturated rings. The number of rotatable bonds is 5. The van der Waals surface area contributed by atoms with E-state index in [1.54, 1.807) is 29.5 Å². The molecule has 3 aromatic heterocycles. The van der Waals surface area contributed by atoms with Crippen LogP contribution in [0.1, 0.15) is 39.6 Å². The van der Waals surface area contributed by atoms with Gasteiger partial charge in [-0.15, -0.1) is 0 Å². The number of aryl methyl sites for hydroxylation is 1. The molecule has 3 aromatic rings. The summed E-state index contributed by atoms with van der Waals surface area (Å²) in [5.41, 5.74) is 3.99. The van der Waals surface area contributed by atoms with Crippen LogP contribution in [0.3, 0.4) is 0 Å². The van der Waals surface area contributed by atoms with Crippen LogP contribution in [0, 0.1) is 0 Å². The number of nitrogens with zero attached hydrogens (tertiary/aromatic N) is 4. The van der Waals surface area contributed by atoms with Crippen molar-refractivity contribution >= 4 is 5.91 Å². The first-order valence-corrected chi connectivity index (χ1v) is 8.48. The van der Waals surface area contributed by atoms with Gasteiger partial charge in [0, 0.05) is 18.9 Å². The molecule has 1 amide bonds. The van der Waals surface area contributed by atoms with Crippen molar-refractivity contribution in [2.45, 2.75) is 32.4 Å². The number of pyridine rings is 1. The number of carbonyl (C=O) groups is 1. The third-order valence-electron chi connectivity index (χ3n) is 4.64. The van der Waals surface area contributed by atoms with E-state index in [1.165, 1.54) is 11.3 Å². The number of furan rings is 1. The van der Waals surface area contributed by atoms with E-state index in [0.29, 0.717) is 18.8 Å². The lowest BCUT2D eigenvalue weighted by Crippen LogP contribution is -2.31. The molecule has 0 radical (unpaired) electrons. The van der Waals surface area contributed by atoms with Gasteiger partial charge in [0.2, 0.25) is 0 Å². The Balaban J connectivity index is 1.64. The molecule has 6 nitrogen and oxygen atoms in total. The van der Waals surface area contributed by atoms with Gasteiger partial charge in [-0.05, 0) is 49.1 Å². The van der Waals surface area contributed by atoms with Crippen LogP contribution in [0.15, 0.2) is 47.2 Å². The van der Waals surface area contributed by atoms with Crippen LogP contribution >= 0.6 is 0 Å². The van der Waals surface area contributed by atoms with Crippen molar-refractivity contribution in [1.29, 1.82) is 0 Å². The number of carbonyl (C=O) groups excluding carboxylic acids is 1. The van der Waals surface area contributed by atoms with Crippen molar-refractivity contribution < 1.29 is 9.21 Å². The quantitative estimate of drug-likeness (QED) is 0.719. The van der Waals surface area contributed by atoms with Crippen molar-refractivity contribution in [3.05, 3.63) is 71.2 Å². The smallest absolute Gasteiger partial charge is 0.273 e. The Kier molecular flexibility index (Phi) is 4.09. The van der Waals surface area contributed by atoms with Gasteiger partial charge >= 0.3 is 0 Å². The summed E-state index contributed by atoms with van der Waals surface area (Å²) < 4.78 is 7.40. The Morgan fingerprint density at radius 3 is 2.92 bits per heavy atom. The SMILES string of the molecule is Cn1nc(CN(Cc2ccco2)C(=O)c2ccccn2)c2c1CCC2. The molecule has 0 aromatic carbocycles. The Bertz CT molecular complexity index is 868. The third kappa shape index (κ3) is 3.07. The van der Waals surface area contributed by atoms with Gasteiger partial charge in [0.15, 0.2) is 0 Å². The minimum atomic E-state index is -0.116. The van der Waals surface area contributed by atoms with E-state index >= 15 is 0 Å². The Morgan fingerprint density at radius 1 is 1.24 bits per heavy atom. The maximum absolute atomic E-state index is 13.0. The second kappa shape index (κ2) is 6.55. The normalized spacial score (nSPS) is 13.0. The number of hydrogen-bond acceptors (Lipinski definition) is 4. The molecule has 0 N–H and O–H groups in total. The van der Waals surface area contributed by atoms with Crippen molar-refractivity contribution in [3.8, 4) is 0 Å². The summed E-state index contributed by atoms with van der Waals surface area (Å²) in [7, 11) is 1.98. The van der Waals surface area contributed by atoms with E-state index < -0.39 is 0 Å². The fraction of sp³-hybridized carbons (Fsp3) is 0.316. The summed E-state index contributed by atoms with van der Waals surface area (Å²) in [6.07, 6.45) is 6.50. The van der Waals surface area contributed by atoms with Gasteiger partial charge in [-0.3, -0.25) is 14.5 Å². The Hall–Kier alpha value is -2.89. The molecule has 1 aliphatic rings. The Labute approximate surface area is 146 Å². The molecule has 0 saturated heterocycles. The van der Waals surface area contributed by atoms with Gasteiger partial charge in [0.25, 0.3) is 5.91 Å². The van der Waals surface area contributed by atoms with Gasteiger partial charge in [0.1, 0.15) is 11.5 Å². The first-order valence-electron chi connectivity index (χ1n) is 8.48. The topological polar surface area (TPSA) is 64.2 Å². The van der Waals surface area contributed by atoms with Gasteiger partial charge in [-0.1, -0.05) is 6.07 Å². The van der Waals surface area contributed by atoms with Crippen LogP contribution in [-0.4, -0.2) is 25.6 Å². The second-order valence-electron chi connectivity index (χ2n) is 6.30. The molecule has 0 aliphatic heterocycles. The van der Waals surface area contributed by atoms with Gasteiger partial charge < -0.3 is 9.32 Å². The van der Waals surface area contributed by atoms with Crippen LogP contribution in [0.25, 0.3) is 0 Å². The summed E-state index contributed by atoms with van der Waals surface area (Å²) in [5.74, 6) is 0.631. The lowest BCUT2D eigenvalue weighted by Gasteiger charge is -2.21. The summed E-state index contributed by atoms with van der Waals surface area (Å²) >= 11 is 0. The average molecular weight is 336 g/mol. The van der Waals surface area contributed by atoms with Crippen LogP contribution in [0.4, 0.5) is 0 Å². The Morgan fingerprint density at radius 2 is 2.16 bits per heavy atom. The second-order valence-corrected chi connectivity index (χ2v) is 6.30. The van der Waals surface area contributed by atoms with E-state index in [0.717, 1.165) is 30.7 Å². The first-order chi connectivity index (χ1) is 12.2. The average Bonchev–Trinajstić information content (AvgIpc) is 3.36. The molecule has 128 valence electrons. The maximum atomic E-state index is 13.0. The maximum Gasteiger partial charge on any atom is 0.273 e. The van der Waals surface area contributed by atoms with E-state index in [4.69, 9.17) is 4.42 Å². The number of aromatic nitrogens is 3. The lowest BCUT2D eigenvalue weighted by atomic mass is 10.2. The van der Waals surface area contributed by atoms with E-state index in [9.17, 15) is 4.79 Å². The van der Waals surface area contributed by atoms with E-state index in [1.807, 2.05) is 29.9 Å². The van der Waals surface area contributed by atoms with E-state index in [-0.39, 0.29) is 5.91 Å². The first kappa shape index (κ1) is 15.6. The predicted octanol–water partition coefficient (Wildman–Crippen LogP) is 2.74. The zero-order valence-electron chi connectivity index (χ0n) is 14.2. The largest absolute Gasteiger partial charge is 0.467 e. The molecule has 0 atom stereocenters. The molecule has 1 aliphatic carbocycles. The summed E-state index contributed by atoms with van der Waals surface area (Å²) in [4.78, 5) is 18.9. The van der Waals surface area contributed by atoms with Crippen LogP contribution in [0.5, 0.6) is 0 Å². The summed E-state index contributed by atoms with van der Waals surface area (Å²) in [6, 6.07) is 9.07. The highest BCUT2D eigenvalue weighted by Gasteiger charge is 2.25. The van der Waals surface area contributed by atoms with Crippen molar-refractivity contribution in [2.24, 2.45) is 7.05 Å². The van der Waals surface area contributed by atoms with Crippen molar-refractivity contribution in [1.82, 2.24) is 19.7 Å². The van der Waals surface area contributed by atoms with Crippen molar-refractivity contribution in [2.75, 3.05) is 0 Å². The van der Waals surface area contributed by atoms with Gasteiger partial charge in [0.05, 0.1) is 25.0 Å². The minimum absolute atomic E-state index is 0.116. The zero-order chi connectivity index (χ0) is 17.2. The van der Waals surface area contributed by atoms with Crippen molar-refractivity contribution in [3.63, 3.8) is 0 Å². The van der Waals surface area contributed by atoms with Gasteiger partial charge in [-0.25, -0.2) is 0 Å². The highest BCUT2D eigenvalue weighted by atomic mass is 16.3. The zero-order valence-corrected chi connectivity index (χ0v) is 14.2. The molecule has 0 spiro atoms. The molecule has 4 rings (SSSR count). The highest BCUT2D eigenvalue weighted by molar-refractivity contribution is 5.92. The molecule has 0 bridgehead atoms. The van der Waals surface area contributed by atoms with E-state index in [2.05, 4.69) is 10.1 Å². The molecular weight excluding hydrogens is 316 g/mol. The lowest BCUT2D eigenvalue weighted by molar-refractivity contribution is 0.0708. The number of hydrogen-bond donors (Lipinski definition) is 0. The molecule has 25 heavy (non-hydrogen) atoms. The molecular formula is C19H20N4O2. The van der Waals surface area contributed by atoms with Crippen LogP contribution < -0.4 is 0 Å². The standard InChI is InChI=1S/C19H20N4O2/c1-22-18-9-4-7-15(18)17(21-22)13-23(12-14-6-5-11-25-14)19(24)16-8-2-3-10-20-16/h2-3,5-6,8,10-11H,4,7,9,12-13H2,1H3. The minimum Gasteiger partial charge on any atom is -0.467 e. The summed E-state index contributed by atoms with van der Waals surface area (Å²) in [5, 5.41) is 4.65. The monoisotopic (exact) mass is 336 g/mol. The molecule has 3 heterocycles. The highest BCUT2D eigenvalue weighted by Crippen LogP contribution is 2.26.